The normalized spacial score (nSPS) is 12.0. The molecule has 0 unspecified atom stereocenters. The number of benzene rings is 3. The van der Waals surface area contributed by atoms with Crippen LogP contribution in [-0.2, 0) is 20.0 Å². The Morgan fingerprint density at radius 1 is 0.750 bits per heavy atom. The van der Waals surface area contributed by atoms with Crippen molar-refractivity contribution in [3.63, 3.8) is 0 Å². The van der Waals surface area contributed by atoms with Gasteiger partial charge >= 0.3 is 0 Å². The van der Waals surface area contributed by atoms with Crippen molar-refractivity contribution in [3.8, 4) is 0 Å². The number of sulfonamides is 2. The molecule has 28 heavy (non-hydrogen) atoms. The van der Waals surface area contributed by atoms with Crippen LogP contribution in [0.15, 0.2) is 82.6 Å². The Labute approximate surface area is 165 Å². The van der Waals surface area contributed by atoms with E-state index in [2.05, 4.69) is 0 Å². The third-order valence-corrected chi connectivity index (χ3v) is 8.15. The maximum absolute atomic E-state index is 14.3. The minimum absolute atomic E-state index is 0.0518. The number of rotatable bonds is 5. The van der Waals surface area contributed by atoms with Crippen molar-refractivity contribution in [2.24, 2.45) is 0 Å². The Hall–Kier alpha value is -2.49. The second-order valence-corrected chi connectivity index (χ2v) is 9.78. The fraction of sp³-hybridized carbons (Fsp3) is 0. The van der Waals surface area contributed by atoms with Crippen LogP contribution in [0.2, 0.25) is 5.02 Å². The highest BCUT2D eigenvalue weighted by molar-refractivity contribution is 8.10. The van der Waals surface area contributed by atoms with Crippen LogP contribution in [-0.4, -0.2) is 16.8 Å². The third kappa shape index (κ3) is 3.73. The quantitative estimate of drug-likeness (QED) is 0.592. The van der Waals surface area contributed by atoms with Gasteiger partial charge in [-0.05, 0) is 54.6 Å². The summed E-state index contributed by atoms with van der Waals surface area (Å²) >= 11 is 5.66. The summed E-state index contributed by atoms with van der Waals surface area (Å²) in [5, 5.41) is -0.0518. The maximum atomic E-state index is 14.3. The molecule has 146 valence electrons. The van der Waals surface area contributed by atoms with Crippen LogP contribution in [0.5, 0.6) is 0 Å². The van der Waals surface area contributed by atoms with Gasteiger partial charge in [-0.1, -0.05) is 29.8 Å². The molecule has 0 saturated heterocycles. The van der Waals surface area contributed by atoms with E-state index in [1.54, 1.807) is 6.07 Å². The smallest absolute Gasteiger partial charge is 0.207 e. The lowest BCUT2D eigenvalue weighted by atomic mass is 10.3. The molecule has 0 aliphatic carbocycles. The van der Waals surface area contributed by atoms with Gasteiger partial charge in [0.15, 0.2) is 0 Å². The van der Waals surface area contributed by atoms with E-state index >= 15 is 0 Å². The number of hydrogen-bond donors (Lipinski definition) is 0. The predicted octanol–water partition coefficient (Wildman–Crippen LogP) is 4.20. The Kier molecular flexibility index (Phi) is 5.42. The molecule has 0 fully saturated rings. The standard InChI is InChI=1S/C18H12ClF2NO4S2/c19-13-6-11-18(17(21)12-13)28(25,26)22(15-4-2-1-3-5-15)27(23,24)16-9-7-14(20)8-10-16/h1-12H. The lowest BCUT2D eigenvalue weighted by Crippen LogP contribution is -2.37. The molecular weight excluding hydrogens is 432 g/mol. The molecule has 3 aromatic rings. The largest absolute Gasteiger partial charge is 0.280 e. The summed E-state index contributed by atoms with van der Waals surface area (Å²) in [6.07, 6.45) is 0. The van der Waals surface area contributed by atoms with Gasteiger partial charge in [0, 0.05) is 5.02 Å². The topological polar surface area (TPSA) is 71.5 Å². The molecule has 0 N–H and O–H groups in total. The van der Waals surface area contributed by atoms with Gasteiger partial charge in [-0.3, -0.25) is 0 Å². The van der Waals surface area contributed by atoms with Gasteiger partial charge in [0.1, 0.15) is 16.5 Å². The molecule has 5 nitrogen and oxygen atoms in total. The maximum Gasteiger partial charge on any atom is 0.280 e. The van der Waals surface area contributed by atoms with Crippen LogP contribution in [0.3, 0.4) is 0 Å². The van der Waals surface area contributed by atoms with Crippen molar-refractivity contribution >= 4 is 37.3 Å². The Bertz CT molecular complexity index is 1220. The molecule has 0 amide bonds. The molecule has 0 saturated carbocycles. The first-order valence-electron chi connectivity index (χ1n) is 7.70. The number of para-hydroxylation sites is 1. The number of anilines is 1. The minimum atomic E-state index is -4.90. The van der Waals surface area contributed by atoms with Crippen LogP contribution >= 0.6 is 11.6 Å². The average molecular weight is 444 g/mol. The van der Waals surface area contributed by atoms with E-state index < -0.39 is 41.5 Å². The van der Waals surface area contributed by atoms with Gasteiger partial charge in [0.05, 0.1) is 10.6 Å². The lowest BCUT2D eigenvalue weighted by molar-refractivity contribution is 0.564. The molecular formula is C18H12ClF2NO4S2. The van der Waals surface area contributed by atoms with Gasteiger partial charge in [0.25, 0.3) is 20.0 Å². The Morgan fingerprint density at radius 3 is 1.93 bits per heavy atom. The summed E-state index contributed by atoms with van der Waals surface area (Å²) in [6, 6.07) is 13.3. The fourth-order valence-corrected chi connectivity index (χ4v) is 6.32. The molecule has 3 aromatic carbocycles. The van der Waals surface area contributed by atoms with E-state index in [4.69, 9.17) is 11.6 Å². The number of hydrogen-bond acceptors (Lipinski definition) is 4. The van der Waals surface area contributed by atoms with Crippen molar-refractivity contribution < 1.29 is 25.6 Å². The molecule has 0 spiro atoms. The molecule has 0 heterocycles. The van der Waals surface area contributed by atoms with Crippen molar-refractivity contribution in [1.29, 1.82) is 0 Å². The summed E-state index contributed by atoms with van der Waals surface area (Å²) in [6.45, 7) is 0. The molecule has 0 bridgehead atoms. The molecule has 0 atom stereocenters. The monoisotopic (exact) mass is 443 g/mol. The van der Waals surface area contributed by atoms with E-state index in [1.165, 1.54) is 24.3 Å². The second kappa shape index (κ2) is 7.50. The molecule has 10 heteroatoms. The van der Waals surface area contributed by atoms with E-state index in [0.717, 1.165) is 42.5 Å². The highest BCUT2D eigenvalue weighted by Gasteiger charge is 2.38. The SMILES string of the molecule is O=S(=O)(c1ccc(F)cc1)N(c1ccccc1)S(=O)(=O)c1ccc(Cl)cc1F. The highest BCUT2D eigenvalue weighted by atomic mass is 35.5. The van der Waals surface area contributed by atoms with E-state index in [-0.39, 0.29) is 14.4 Å². The zero-order valence-corrected chi connectivity index (χ0v) is 16.3. The number of nitrogens with zero attached hydrogens (tertiary/aromatic N) is 1. The van der Waals surface area contributed by atoms with Crippen LogP contribution < -0.4 is 3.71 Å². The summed E-state index contributed by atoms with van der Waals surface area (Å²) in [4.78, 5) is -1.35. The van der Waals surface area contributed by atoms with Crippen molar-refractivity contribution in [1.82, 2.24) is 0 Å². The van der Waals surface area contributed by atoms with Crippen LogP contribution in [0.1, 0.15) is 0 Å². The molecule has 0 aliphatic heterocycles. The minimum Gasteiger partial charge on any atom is -0.207 e. The summed E-state index contributed by atoms with van der Waals surface area (Å²) < 4.78 is 80.2. The van der Waals surface area contributed by atoms with Crippen molar-refractivity contribution in [3.05, 3.63) is 89.5 Å². The van der Waals surface area contributed by atoms with Crippen LogP contribution in [0.4, 0.5) is 14.5 Å². The third-order valence-electron chi connectivity index (χ3n) is 3.69. The fourth-order valence-electron chi connectivity index (χ4n) is 2.43. The van der Waals surface area contributed by atoms with Crippen molar-refractivity contribution in [2.75, 3.05) is 3.71 Å². The lowest BCUT2D eigenvalue weighted by Gasteiger charge is -2.24. The molecule has 0 aliphatic rings. The van der Waals surface area contributed by atoms with Gasteiger partial charge < -0.3 is 0 Å². The van der Waals surface area contributed by atoms with Gasteiger partial charge in [-0.15, -0.1) is 0 Å². The summed E-state index contributed by atoms with van der Waals surface area (Å²) in [7, 11) is -9.62. The van der Waals surface area contributed by atoms with Crippen LogP contribution in [0, 0.1) is 11.6 Å². The first kappa shape index (κ1) is 20.2. The predicted molar refractivity (Wildman–Crippen MR) is 101 cm³/mol. The first-order valence-corrected chi connectivity index (χ1v) is 11.0. The molecule has 0 radical (unpaired) electrons. The first-order chi connectivity index (χ1) is 13.1. The summed E-state index contributed by atoms with van der Waals surface area (Å²) in [5.74, 6) is -1.90. The molecule has 0 aromatic heterocycles. The Balaban J connectivity index is 2.28. The molecule has 3 rings (SSSR count). The zero-order chi connectivity index (χ0) is 20.5. The van der Waals surface area contributed by atoms with Gasteiger partial charge in [-0.25, -0.2) is 17.2 Å². The van der Waals surface area contributed by atoms with E-state index in [9.17, 15) is 25.6 Å². The van der Waals surface area contributed by atoms with Gasteiger partial charge in [0.2, 0.25) is 0 Å². The second-order valence-electron chi connectivity index (χ2n) is 5.57. The van der Waals surface area contributed by atoms with E-state index in [0.29, 0.717) is 0 Å². The zero-order valence-electron chi connectivity index (χ0n) is 14.0. The average Bonchev–Trinajstić information content (AvgIpc) is 2.62. The van der Waals surface area contributed by atoms with E-state index in [1.807, 2.05) is 0 Å². The Morgan fingerprint density at radius 2 is 1.36 bits per heavy atom. The van der Waals surface area contributed by atoms with Gasteiger partial charge in [-0.2, -0.15) is 12.1 Å². The highest BCUT2D eigenvalue weighted by Crippen LogP contribution is 2.32. The number of halogens is 3. The van der Waals surface area contributed by atoms with Crippen molar-refractivity contribution in [2.45, 2.75) is 9.79 Å². The summed E-state index contributed by atoms with van der Waals surface area (Å²) in [5.41, 5.74) is -0.235. The van der Waals surface area contributed by atoms with Crippen LogP contribution in [0.25, 0.3) is 0 Å².